The van der Waals surface area contributed by atoms with E-state index in [9.17, 15) is 4.79 Å². The lowest BCUT2D eigenvalue weighted by Gasteiger charge is -2.11. The van der Waals surface area contributed by atoms with Crippen molar-refractivity contribution in [2.45, 2.75) is 18.6 Å². The minimum Gasteiger partial charge on any atom is -0.282 e. The zero-order chi connectivity index (χ0) is 15.5. The van der Waals surface area contributed by atoms with Gasteiger partial charge in [0, 0.05) is 0 Å². The first kappa shape index (κ1) is 14.8. The number of aromatic nitrogens is 2. The summed E-state index contributed by atoms with van der Waals surface area (Å²) in [5.41, 5.74) is 2.89. The monoisotopic (exact) mass is 327 g/mol. The molecule has 3 aromatic rings. The summed E-state index contributed by atoms with van der Waals surface area (Å²) in [6.45, 7) is 2.50. The van der Waals surface area contributed by atoms with Gasteiger partial charge >= 0.3 is 0 Å². The van der Waals surface area contributed by atoms with Gasteiger partial charge in [-0.1, -0.05) is 41.6 Å². The summed E-state index contributed by atoms with van der Waals surface area (Å²) in [6, 6.07) is 12.0. The molecule has 0 fully saturated rings. The molecule has 0 atom stereocenters. The summed E-state index contributed by atoms with van der Waals surface area (Å²) >= 11 is 2.70. The standard InChI is InChI=1S/C16H13N3OS2/c1-11-2-4-12(5-3-11)10-19-15(20)14-13(6-8-21-14)18-16(19)22-9-7-17/h2-6,8H,9-10H2,1H3. The highest BCUT2D eigenvalue weighted by atomic mass is 32.2. The van der Waals surface area contributed by atoms with E-state index in [2.05, 4.69) is 11.1 Å². The zero-order valence-corrected chi connectivity index (χ0v) is 13.6. The second-order valence-electron chi connectivity index (χ2n) is 4.85. The number of nitrogens with zero attached hydrogens (tertiary/aromatic N) is 3. The van der Waals surface area contributed by atoms with Crippen LogP contribution in [0.25, 0.3) is 10.2 Å². The Balaban J connectivity index is 2.08. The number of benzene rings is 1. The highest BCUT2D eigenvalue weighted by molar-refractivity contribution is 7.99. The minimum absolute atomic E-state index is 0.0407. The number of nitriles is 1. The Labute approximate surface area is 136 Å². The topological polar surface area (TPSA) is 58.7 Å². The fraction of sp³-hybridized carbons (Fsp3) is 0.188. The molecule has 0 radical (unpaired) electrons. The van der Waals surface area contributed by atoms with Crippen molar-refractivity contribution in [2.24, 2.45) is 0 Å². The summed E-state index contributed by atoms with van der Waals surface area (Å²) in [7, 11) is 0. The van der Waals surface area contributed by atoms with E-state index < -0.39 is 0 Å². The van der Waals surface area contributed by atoms with Crippen LogP contribution in [0, 0.1) is 18.3 Å². The van der Waals surface area contributed by atoms with E-state index in [0.717, 1.165) is 5.56 Å². The third kappa shape index (κ3) is 2.91. The molecule has 0 aliphatic rings. The molecule has 0 amide bonds. The first-order chi connectivity index (χ1) is 10.7. The molecule has 0 spiro atoms. The molecule has 3 rings (SSSR count). The van der Waals surface area contributed by atoms with Gasteiger partial charge in [-0.25, -0.2) is 4.98 Å². The van der Waals surface area contributed by atoms with Crippen molar-refractivity contribution in [3.8, 4) is 6.07 Å². The molecule has 4 nitrogen and oxygen atoms in total. The second kappa shape index (κ2) is 6.34. The average Bonchev–Trinajstić information content (AvgIpc) is 2.99. The van der Waals surface area contributed by atoms with Crippen LogP contribution in [0.2, 0.25) is 0 Å². The van der Waals surface area contributed by atoms with Crippen LogP contribution in [0.1, 0.15) is 11.1 Å². The number of rotatable bonds is 4. The number of fused-ring (bicyclic) bond motifs is 1. The molecule has 0 aliphatic carbocycles. The van der Waals surface area contributed by atoms with Crippen LogP contribution in [0.4, 0.5) is 0 Å². The molecular formula is C16H13N3OS2. The first-order valence-electron chi connectivity index (χ1n) is 6.72. The van der Waals surface area contributed by atoms with E-state index in [-0.39, 0.29) is 11.3 Å². The molecule has 2 heterocycles. The van der Waals surface area contributed by atoms with Gasteiger partial charge in [0.1, 0.15) is 4.70 Å². The first-order valence-corrected chi connectivity index (χ1v) is 8.59. The SMILES string of the molecule is Cc1ccc(Cn2c(SCC#N)nc3ccsc3c2=O)cc1. The lowest BCUT2D eigenvalue weighted by molar-refractivity contribution is 0.660. The highest BCUT2D eigenvalue weighted by Gasteiger charge is 2.13. The molecule has 0 aliphatic heterocycles. The molecule has 0 bridgehead atoms. The van der Waals surface area contributed by atoms with Crippen LogP contribution < -0.4 is 5.56 Å². The van der Waals surface area contributed by atoms with Gasteiger partial charge in [-0.2, -0.15) is 5.26 Å². The number of thiophene rings is 1. The molecular weight excluding hydrogens is 314 g/mol. The second-order valence-corrected chi connectivity index (χ2v) is 6.71. The summed E-state index contributed by atoms with van der Waals surface area (Å²) in [6.07, 6.45) is 0. The Hall–Kier alpha value is -2.10. The quantitative estimate of drug-likeness (QED) is 0.544. The van der Waals surface area contributed by atoms with E-state index >= 15 is 0 Å². The van der Waals surface area contributed by atoms with E-state index in [1.807, 2.05) is 42.6 Å². The van der Waals surface area contributed by atoms with E-state index in [1.165, 1.54) is 28.7 Å². The van der Waals surface area contributed by atoms with Crippen LogP contribution in [0.3, 0.4) is 0 Å². The maximum absolute atomic E-state index is 12.7. The largest absolute Gasteiger partial charge is 0.282 e. The summed E-state index contributed by atoms with van der Waals surface area (Å²) in [5, 5.41) is 11.3. The van der Waals surface area contributed by atoms with E-state index in [0.29, 0.717) is 21.9 Å². The van der Waals surface area contributed by atoms with Crippen molar-refractivity contribution >= 4 is 33.3 Å². The Morgan fingerprint density at radius 1 is 1.32 bits per heavy atom. The van der Waals surface area contributed by atoms with E-state index in [1.54, 1.807) is 4.57 Å². The Morgan fingerprint density at radius 3 is 2.82 bits per heavy atom. The van der Waals surface area contributed by atoms with Gasteiger partial charge in [0.25, 0.3) is 5.56 Å². The van der Waals surface area contributed by atoms with Gasteiger partial charge in [0.05, 0.1) is 23.9 Å². The lowest BCUT2D eigenvalue weighted by Crippen LogP contribution is -2.23. The van der Waals surface area contributed by atoms with Crippen LogP contribution in [-0.2, 0) is 6.54 Å². The molecule has 22 heavy (non-hydrogen) atoms. The fourth-order valence-corrected chi connectivity index (χ4v) is 3.58. The number of hydrogen-bond acceptors (Lipinski definition) is 5. The normalized spacial score (nSPS) is 10.7. The van der Waals surface area contributed by atoms with Crippen molar-refractivity contribution in [1.82, 2.24) is 9.55 Å². The summed E-state index contributed by atoms with van der Waals surface area (Å²) in [4.78, 5) is 17.2. The Morgan fingerprint density at radius 2 is 2.09 bits per heavy atom. The van der Waals surface area contributed by atoms with E-state index in [4.69, 9.17) is 5.26 Å². The van der Waals surface area contributed by atoms with Crippen molar-refractivity contribution in [3.05, 3.63) is 57.2 Å². The molecule has 0 unspecified atom stereocenters. The molecule has 6 heteroatoms. The highest BCUT2D eigenvalue weighted by Crippen LogP contribution is 2.21. The summed E-state index contributed by atoms with van der Waals surface area (Å²) < 4.78 is 2.32. The van der Waals surface area contributed by atoms with Gasteiger partial charge in [-0.3, -0.25) is 9.36 Å². The molecule has 0 N–H and O–H groups in total. The zero-order valence-electron chi connectivity index (χ0n) is 11.9. The van der Waals surface area contributed by atoms with Crippen LogP contribution in [0.5, 0.6) is 0 Å². The molecule has 2 aromatic heterocycles. The molecule has 0 saturated heterocycles. The number of aryl methyl sites for hydroxylation is 1. The van der Waals surface area contributed by atoms with Crippen molar-refractivity contribution in [1.29, 1.82) is 5.26 Å². The predicted octanol–water partition coefficient (Wildman–Crippen LogP) is 3.43. The average molecular weight is 327 g/mol. The van der Waals surface area contributed by atoms with Crippen LogP contribution in [0.15, 0.2) is 45.7 Å². The third-order valence-electron chi connectivity index (χ3n) is 3.26. The minimum atomic E-state index is -0.0407. The Kier molecular flexibility index (Phi) is 4.27. The smallest absolute Gasteiger partial charge is 0.272 e. The van der Waals surface area contributed by atoms with Gasteiger partial charge in [-0.15, -0.1) is 11.3 Å². The summed E-state index contributed by atoms with van der Waals surface area (Å²) in [5.74, 6) is 0.274. The molecule has 110 valence electrons. The van der Waals surface area contributed by atoms with Gasteiger partial charge in [-0.05, 0) is 23.9 Å². The molecule has 0 saturated carbocycles. The molecule has 1 aromatic carbocycles. The maximum atomic E-state index is 12.7. The lowest BCUT2D eigenvalue weighted by atomic mass is 10.1. The Bertz CT molecular complexity index is 904. The van der Waals surface area contributed by atoms with Gasteiger partial charge in [0.2, 0.25) is 0 Å². The van der Waals surface area contributed by atoms with Crippen molar-refractivity contribution in [3.63, 3.8) is 0 Å². The van der Waals surface area contributed by atoms with Crippen molar-refractivity contribution in [2.75, 3.05) is 5.75 Å². The third-order valence-corrected chi connectivity index (χ3v) is 4.99. The number of hydrogen-bond donors (Lipinski definition) is 0. The number of thioether (sulfide) groups is 1. The predicted molar refractivity (Wildman–Crippen MR) is 90.5 cm³/mol. The fourth-order valence-electron chi connectivity index (χ4n) is 2.15. The maximum Gasteiger partial charge on any atom is 0.272 e. The van der Waals surface area contributed by atoms with Gasteiger partial charge < -0.3 is 0 Å². The van der Waals surface area contributed by atoms with Crippen LogP contribution in [-0.4, -0.2) is 15.3 Å². The van der Waals surface area contributed by atoms with Gasteiger partial charge in [0.15, 0.2) is 5.16 Å². The van der Waals surface area contributed by atoms with Crippen LogP contribution >= 0.6 is 23.1 Å². The van der Waals surface area contributed by atoms with Crippen molar-refractivity contribution < 1.29 is 0 Å².